The number of hydrogen-bond donors (Lipinski definition) is 1. The number of nitro groups is 1. The van der Waals surface area contributed by atoms with E-state index in [0.717, 1.165) is 0 Å². The molecule has 0 aliphatic heterocycles. The van der Waals surface area contributed by atoms with Crippen LogP contribution in [0.1, 0.15) is 38.8 Å². The molecule has 0 unspecified atom stereocenters. The molecule has 4 nitrogen and oxygen atoms in total. The SMILES string of the molecule is C=C(C)c1cc(C(C)(C)C)c(O)cc1[N+](=O)[O-]. The summed E-state index contributed by atoms with van der Waals surface area (Å²) in [5.41, 5.74) is 1.38. The third-order valence-corrected chi connectivity index (χ3v) is 2.58. The number of benzene rings is 1. The molecule has 0 spiro atoms. The van der Waals surface area contributed by atoms with Gasteiger partial charge in [-0.05, 0) is 24.0 Å². The molecule has 0 saturated carbocycles. The van der Waals surface area contributed by atoms with E-state index in [1.165, 1.54) is 6.07 Å². The molecule has 0 aliphatic carbocycles. The van der Waals surface area contributed by atoms with Crippen molar-refractivity contribution >= 4 is 11.3 Å². The summed E-state index contributed by atoms with van der Waals surface area (Å²) in [6, 6.07) is 2.85. The Kier molecular flexibility index (Phi) is 3.27. The van der Waals surface area contributed by atoms with Crippen molar-refractivity contribution < 1.29 is 10.0 Å². The van der Waals surface area contributed by atoms with Crippen molar-refractivity contribution in [2.75, 3.05) is 0 Å². The summed E-state index contributed by atoms with van der Waals surface area (Å²) < 4.78 is 0. The lowest BCUT2D eigenvalue weighted by Gasteiger charge is -2.21. The first-order chi connectivity index (χ1) is 7.64. The molecule has 0 radical (unpaired) electrons. The largest absolute Gasteiger partial charge is 0.507 e. The van der Waals surface area contributed by atoms with Crippen LogP contribution in [0.25, 0.3) is 5.57 Å². The van der Waals surface area contributed by atoms with Crippen molar-refractivity contribution in [1.29, 1.82) is 0 Å². The zero-order valence-electron chi connectivity index (χ0n) is 10.6. The van der Waals surface area contributed by atoms with Crippen LogP contribution in [-0.2, 0) is 5.41 Å². The quantitative estimate of drug-likeness (QED) is 0.628. The van der Waals surface area contributed by atoms with E-state index in [0.29, 0.717) is 16.7 Å². The Balaban J connectivity index is 3.57. The van der Waals surface area contributed by atoms with Gasteiger partial charge in [-0.15, -0.1) is 0 Å². The predicted molar refractivity (Wildman–Crippen MR) is 68.2 cm³/mol. The maximum absolute atomic E-state index is 10.9. The van der Waals surface area contributed by atoms with Crippen molar-refractivity contribution in [1.82, 2.24) is 0 Å². The second-order valence-corrected chi connectivity index (χ2v) is 5.17. The van der Waals surface area contributed by atoms with Crippen LogP contribution in [0.4, 0.5) is 5.69 Å². The fourth-order valence-electron chi connectivity index (χ4n) is 1.67. The molecule has 1 N–H and O–H groups in total. The number of nitrogens with zero attached hydrogens (tertiary/aromatic N) is 1. The molecule has 0 amide bonds. The third kappa shape index (κ3) is 2.64. The molecule has 1 aromatic rings. The lowest BCUT2D eigenvalue weighted by atomic mass is 9.84. The number of phenols is 1. The first-order valence-corrected chi connectivity index (χ1v) is 5.32. The summed E-state index contributed by atoms with van der Waals surface area (Å²) in [5, 5.41) is 20.7. The summed E-state index contributed by atoms with van der Waals surface area (Å²) in [6.45, 7) is 11.3. The average molecular weight is 235 g/mol. The van der Waals surface area contributed by atoms with Crippen LogP contribution in [0, 0.1) is 10.1 Å². The molecule has 0 atom stereocenters. The van der Waals surface area contributed by atoms with E-state index in [-0.39, 0.29) is 16.9 Å². The topological polar surface area (TPSA) is 63.4 Å². The standard InChI is InChI=1S/C13H17NO3/c1-8(2)9-6-10(13(3,4)5)12(15)7-11(9)14(16)17/h6-7,15H,1H2,2-5H3. The summed E-state index contributed by atoms with van der Waals surface area (Å²) in [4.78, 5) is 10.4. The summed E-state index contributed by atoms with van der Waals surface area (Å²) >= 11 is 0. The Morgan fingerprint density at radius 2 is 1.94 bits per heavy atom. The van der Waals surface area contributed by atoms with Gasteiger partial charge in [-0.1, -0.05) is 27.4 Å². The Morgan fingerprint density at radius 1 is 1.41 bits per heavy atom. The molecule has 0 saturated heterocycles. The minimum Gasteiger partial charge on any atom is -0.507 e. The lowest BCUT2D eigenvalue weighted by Crippen LogP contribution is -2.12. The summed E-state index contributed by atoms with van der Waals surface area (Å²) in [7, 11) is 0. The van der Waals surface area contributed by atoms with E-state index in [9.17, 15) is 15.2 Å². The molecule has 0 heterocycles. The Morgan fingerprint density at radius 3 is 2.29 bits per heavy atom. The van der Waals surface area contributed by atoms with Gasteiger partial charge in [0, 0.05) is 5.56 Å². The van der Waals surface area contributed by atoms with E-state index < -0.39 is 4.92 Å². The van der Waals surface area contributed by atoms with Crippen molar-refractivity contribution in [3.05, 3.63) is 40.0 Å². The summed E-state index contributed by atoms with van der Waals surface area (Å²) in [6.07, 6.45) is 0. The van der Waals surface area contributed by atoms with Gasteiger partial charge in [0.15, 0.2) is 0 Å². The van der Waals surface area contributed by atoms with Gasteiger partial charge in [-0.3, -0.25) is 10.1 Å². The van der Waals surface area contributed by atoms with Crippen LogP contribution in [0.15, 0.2) is 18.7 Å². The highest BCUT2D eigenvalue weighted by Crippen LogP contribution is 2.37. The zero-order valence-corrected chi connectivity index (χ0v) is 10.6. The maximum Gasteiger partial charge on any atom is 0.280 e. The Labute approximate surface area is 101 Å². The van der Waals surface area contributed by atoms with Gasteiger partial charge in [0.05, 0.1) is 16.6 Å². The molecule has 4 heteroatoms. The zero-order chi connectivity index (χ0) is 13.4. The second-order valence-electron chi connectivity index (χ2n) is 5.17. The highest BCUT2D eigenvalue weighted by molar-refractivity contribution is 5.72. The Bertz CT molecular complexity index is 484. The van der Waals surface area contributed by atoms with Gasteiger partial charge in [-0.25, -0.2) is 0 Å². The number of hydrogen-bond acceptors (Lipinski definition) is 3. The minimum absolute atomic E-state index is 0.0470. The first-order valence-electron chi connectivity index (χ1n) is 5.32. The van der Waals surface area contributed by atoms with Gasteiger partial charge in [0.1, 0.15) is 5.75 Å². The number of nitro benzene ring substituents is 1. The molecule has 17 heavy (non-hydrogen) atoms. The number of rotatable bonds is 2. The number of aromatic hydroxyl groups is 1. The fraction of sp³-hybridized carbons (Fsp3) is 0.385. The predicted octanol–water partition coefficient (Wildman–Crippen LogP) is 3.63. The number of allylic oxidation sites excluding steroid dienone is 1. The molecular weight excluding hydrogens is 218 g/mol. The van der Waals surface area contributed by atoms with Crippen molar-refractivity contribution in [2.24, 2.45) is 0 Å². The van der Waals surface area contributed by atoms with Crippen LogP contribution in [0.2, 0.25) is 0 Å². The molecule has 0 aromatic heterocycles. The van der Waals surface area contributed by atoms with Crippen molar-refractivity contribution in [3.63, 3.8) is 0 Å². The minimum atomic E-state index is -0.504. The van der Waals surface area contributed by atoms with Crippen LogP contribution < -0.4 is 0 Å². The lowest BCUT2D eigenvalue weighted by molar-refractivity contribution is -0.385. The van der Waals surface area contributed by atoms with E-state index >= 15 is 0 Å². The van der Waals surface area contributed by atoms with Crippen LogP contribution in [0.3, 0.4) is 0 Å². The van der Waals surface area contributed by atoms with Crippen LogP contribution >= 0.6 is 0 Å². The maximum atomic E-state index is 10.9. The van der Waals surface area contributed by atoms with Crippen LogP contribution in [0.5, 0.6) is 5.75 Å². The smallest absolute Gasteiger partial charge is 0.280 e. The third-order valence-electron chi connectivity index (χ3n) is 2.58. The molecule has 1 aromatic carbocycles. The first kappa shape index (κ1) is 13.2. The van der Waals surface area contributed by atoms with Gasteiger partial charge in [-0.2, -0.15) is 0 Å². The van der Waals surface area contributed by atoms with E-state index in [4.69, 9.17) is 0 Å². The molecule has 0 bridgehead atoms. The van der Waals surface area contributed by atoms with Gasteiger partial charge in [0.2, 0.25) is 0 Å². The summed E-state index contributed by atoms with van der Waals surface area (Å²) in [5.74, 6) is -0.0470. The highest BCUT2D eigenvalue weighted by Gasteiger charge is 2.24. The van der Waals surface area contributed by atoms with E-state index in [2.05, 4.69) is 6.58 Å². The van der Waals surface area contributed by atoms with Crippen molar-refractivity contribution in [2.45, 2.75) is 33.1 Å². The van der Waals surface area contributed by atoms with Gasteiger partial charge in [0.25, 0.3) is 5.69 Å². The van der Waals surface area contributed by atoms with Gasteiger partial charge < -0.3 is 5.11 Å². The monoisotopic (exact) mass is 235 g/mol. The van der Waals surface area contributed by atoms with E-state index in [1.54, 1.807) is 13.0 Å². The molecule has 0 aliphatic rings. The van der Waals surface area contributed by atoms with E-state index in [1.807, 2.05) is 20.8 Å². The fourth-order valence-corrected chi connectivity index (χ4v) is 1.67. The number of phenolic OH excluding ortho intramolecular Hbond substituents is 1. The van der Waals surface area contributed by atoms with Crippen molar-refractivity contribution in [3.8, 4) is 5.75 Å². The normalized spacial score (nSPS) is 11.3. The molecule has 1 rings (SSSR count). The molecular formula is C13H17NO3. The molecule has 92 valence electrons. The van der Waals surface area contributed by atoms with Gasteiger partial charge >= 0.3 is 0 Å². The Hall–Kier alpha value is -1.84. The highest BCUT2D eigenvalue weighted by atomic mass is 16.6. The molecule has 0 fully saturated rings. The second kappa shape index (κ2) is 4.20. The van der Waals surface area contributed by atoms with Crippen LogP contribution in [-0.4, -0.2) is 10.0 Å². The average Bonchev–Trinajstić information content (AvgIpc) is 2.14.